The molecule has 0 aliphatic rings. The quantitative estimate of drug-likeness (QED) is 0.710. The van der Waals surface area contributed by atoms with E-state index >= 15 is 0 Å². The Hall–Kier alpha value is -1.59. The Morgan fingerprint density at radius 1 is 1.44 bits per heavy atom. The fourth-order valence-corrected chi connectivity index (χ4v) is 3.23. The number of hydrogen-bond donors (Lipinski definition) is 1. The Morgan fingerprint density at radius 3 is 3.17 bits per heavy atom. The van der Waals surface area contributed by atoms with Gasteiger partial charge in [0.05, 0.1) is 5.75 Å². The number of carbonyl (C=O) groups excluding carboxylic acids is 1. The molecule has 0 saturated heterocycles. The summed E-state index contributed by atoms with van der Waals surface area (Å²) in [5.74, 6) is 0.131. The van der Waals surface area contributed by atoms with Crippen LogP contribution in [0.3, 0.4) is 0 Å². The summed E-state index contributed by atoms with van der Waals surface area (Å²) in [5, 5.41) is 22.3. The zero-order valence-electron chi connectivity index (χ0n) is 8.68. The van der Waals surface area contributed by atoms with Crippen LogP contribution in [0.1, 0.15) is 0 Å². The zero-order valence-corrected chi connectivity index (χ0v) is 11.1. The number of thioether (sulfide) groups is 1. The van der Waals surface area contributed by atoms with Gasteiger partial charge in [0.25, 0.3) is 0 Å². The first-order chi connectivity index (χ1) is 8.81. The fraction of sp³-hybridized carbons (Fsp3) is 0.143. The lowest BCUT2D eigenvalue weighted by atomic mass is 10.7. The van der Waals surface area contributed by atoms with Gasteiger partial charge in [-0.25, -0.2) is 0 Å². The average Bonchev–Trinajstić information content (AvgIpc) is 3.01. The van der Waals surface area contributed by atoms with Crippen LogP contribution in [0.5, 0.6) is 0 Å². The molecule has 0 unspecified atom stereocenters. The predicted octanol–water partition coefficient (Wildman–Crippen LogP) is 0.768. The van der Waals surface area contributed by atoms with Crippen LogP contribution in [-0.2, 0) is 4.79 Å². The summed E-state index contributed by atoms with van der Waals surface area (Å²) in [6.45, 7) is 0. The van der Waals surface area contributed by atoms with Crippen LogP contribution in [0.2, 0.25) is 0 Å². The molecule has 3 heterocycles. The van der Waals surface area contributed by atoms with Gasteiger partial charge >= 0.3 is 0 Å². The van der Waals surface area contributed by atoms with E-state index in [2.05, 4.69) is 30.8 Å². The van der Waals surface area contributed by atoms with Gasteiger partial charge in [-0.15, -0.1) is 25.5 Å². The van der Waals surface area contributed by atoms with Crippen molar-refractivity contribution < 1.29 is 4.79 Å². The predicted molar refractivity (Wildman–Crippen MR) is 67.9 cm³/mol. The van der Waals surface area contributed by atoms with E-state index in [9.17, 15) is 4.79 Å². The molecule has 0 bridgehead atoms. The molecule has 0 saturated carbocycles. The number of anilines is 1. The molecule has 1 N–H and O–H groups in total. The van der Waals surface area contributed by atoms with Gasteiger partial charge in [-0.05, 0) is 0 Å². The summed E-state index contributed by atoms with van der Waals surface area (Å²) in [6, 6.07) is 0. The molecular weight excluding hydrogens is 294 g/mol. The summed E-state index contributed by atoms with van der Waals surface area (Å²) in [6.07, 6.45) is 1.53. The maximum absolute atomic E-state index is 11.6. The van der Waals surface area contributed by atoms with Crippen molar-refractivity contribution in [2.75, 3.05) is 11.1 Å². The number of rotatable bonds is 4. The highest BCUT2D eigenvalue weighted by Crippen LogP contribution is 2.23. The van der Waals surface area contributed by atoms with E-state index in [0.717, 1.165) is 4.34 Å². The smallest absolute Gasteiger partial charge is 0.236 e. The van der Waals surface area contributed by atoms with Crippen LogP contribution in [0.25, 0.3) is 4.96 Å². The van der Waals surface area contributed by atoms with Gasteiger partial charge in [-0.2, -0.15) is 4.52 Å². The van der Waals surface area contributed by atoms with Gasteiger partial charge in [0, 0.05) is 0 Å². The van der Waals surface area contributed by atoms with Gasteiger partial charge in [0.1, 0.15) is 11.8 Å². The number of hydrogen-bond acceptors (Lipinski definition) is 9. The van der Waals surface area contributed by atoms with Crippen molar-refractivity contribution in [3.05, 3.63) is 11.8 Å². The van der Waals surface area contributed by atoms with Crippen LogP contribution in [0, 0.1) is 0 Å². The summed E-state index contributed by atoms with van der Waals surface area (Å²) in [4.78, 5) is 12.3. The van der Waals surface area contributed by atoms with E-state index in [0.29, 0.717) is 10.1 Å². The SMILES string of the molecule is O=C(CSc1nn2cnnc2s1)Nc1nncs1. The Bertz CT molecular complexity index is 631. The minimum atomic E-state index is -0.136. The van der Waals surface area contributed by atoms with Crippen molar-refractivity contribution in [1.82, 2.24) is 30.0 Å². The topological polar surface area (TPSA) is 98.0 Å². The van der Waals surface area contributed by atoms with Crippen LogP contribution >= 0.6 is 34.4 Å². The molecular formula is C7H5N7OS3. The first kappa shape index (κ1) is 11.5. The van der Waals surface area contributed by atoms with Gasteiger partial charge in [0.15, 0.2) is 4.34 Å². The average molecular weight is 299 g/mol. The highest BCUT2D eigenvalue weighted by molar-refractivity contribution is 8.01. The normalized spacial score (nSPS) is 10.9. The Morgan fingerprint density at radius 2 is 2.39 bits per heavy atom. The Balaban J connectivity index is 1.57. The molecule has 0 aliphatic carbocycles. The molecule has 3 aromatic rings. The van der Waals surface area contributed by atoms with E-state index in [4.69, 9.17) is 0 Å². The van der Waals surface area contributed by atoms with Crippen LogP contribution in [0.15, 0.2) is 16.2 Å². The first-order valence-corrected chi connectivity index (χ1v) is 7.35. The van der Waals surface area contributed by atoms with Crippen molar-refractivity contribution in [2.24, 2.45) is 0 Å². The number of carbonyl (C=O) groups is 1. The van der Waals surface area contributed by atoms with Crippen molar-refractivity contribution in [3.8, 4) is 0 Å². The van der Waals surface area contributed by atoms with E-state index < -0.39 is 0 Å². The summed E-state index contributed by atoms with van der Waals surface area (Å²) in [5.41, 5.74) is 1.56. The van der Waals surface area contributed by atoms with Gasteiger partial charge in [-0.1, -0.05) is 34.4 Å². The monoisotopic (exact) mass is 299 g/mol. The van der Waals surface area contributed by atoms with Crippen LogP contribution < -0.4 is 5.32 Å². The van der Waals surface area contributed by atoms with Gasteiger partial charge in [0.2, 0.25) is 16.0 Å². The maximum atomic E-state index is 11.6. The summed E-state index contributed by atoms with van der Waals surface area (Å²) in [7, 11) is 0. The highest BCUT2D eigenvalue weighted by atomic mass is 32.2. The standard InChI is InChI=1S/C7H5N7OS3/c15-4(10-5-11-9-3-17-5)1-16-7-13-14-2-8-12-6(14)18-7/h2-3H,1H2,(H,10,11,15). The van der Waals surface area contributed by atoms with Gasteiger partial charge in [-0.3, -0.25) is 10.1 Å². The molecule has 3 rings (SSSR count). The van der Waals surface area contributed by atoms with Crippen molar-refractivity contribution in [3.63, 3.8) is 0 Å². The molecule has 0 atom stereocenters. The molecule has 11 heteroatoms. The molecule has 3 aromatic heterocycles. The van der Waals surface area contributed by atoms with Crippen LogP contribution in [0.4, 0.5) is 5.13 Å². The molecule has 18 heavy (non-hydrogen) atoms. The molecule has 92 valence electrons. The van der Waals surface area contributed by atoms with Crippen LogP contribution in [-0.4, -0.2) is 41.7 Å². The van der Waals surface area contributed by atoms with Crippen molar-refractivity contribution >= 4 is 50.4 Å². The number of aromatic nitrogens is 6. The Labute approximate surface area is 112 Å². The molecule has 0 aromatic carbocycles. The van der Waals surface area contributed by atoms with E-state index in [1.165, 1.54) is 40.8 Å². The minimum absolute atomic E-state index is 0.136. The fourth-order valence-electron chi connectivity index (χ4n) is 1.11. The van der Waals surface area contributed by atoms with E-state index in [-0.39, 0.29) is 11.7 Å². The van der Waals surface area contributed by atoms with Crippen molar-refractivity contribution in [1.29, 1.82) is 0 Å². The lowest BCUT2D eigenvalue weighted by molar-refractivity contribution is -0.113. The maximum Gasteiger partial charge on any atom is 0.236 e. The number of fused-ring (bicyclic) bond motifs is 1. The molecule has 1 amide bonds. The number of nitrogens with one attached hydrogen (secondary N) is 1. The number of nitrogens with zero attached hydrogens (tertiary/aromatic N) is 6. The summed E-state index contributed by atoms with van der Waals surface area (Å²) >= 11 is 4.01. The first-order valence-electron chi connectivity index (χ1n) is 4.67. The largest absolute Gasteiger partial charge is 0.300 e. The van der Waals surface area contributed by atoms with Gasteiger partial charge < -0.3 is 0 Å². The lowest BCUT2D eigenvalue weighted by Gasteiger charge is -1.97. The lowest BCUT2D eigenvalue weighted by Crippen LogP contribution is -2.13. The minimum Gasteiger partial charge on any atom is -0.300 e. The third kappa shape index (κ3) is 2.47. The zero-order chi connectivity index (χ0) is 12.4. The third-order valence-electron chi connectivity index (χ3n) is 1.80. The summed E-state index contributed by atoms with van der Waals surface area (Å²) < 4.78 is 2.35. The third-order valence-corrected chi connectivity index (χ3v) is 4.45. The number of amides is 1. The highest BCUT2D eigenvalue weighted by Gasteiger charge is 2.09. The Kier molecular flexibility index (Phi) is 3.17. The second-order valence-electron chi connectivity index (χ2n) is 3.01. The second kappa shape index (κ2) is 4.96. The van der Waals surface area contributed by atoms with Crippen molar-refractivity contribution in [2.45, 2.75) is 4.34 Å². The molecule has 0 fully saturated rings. The second-order valence-corrected chi connectivity index (χ2v) is 6.02. The molecule has 0 spiro atoms. The van der Waals surface area contributed by atoms with E-state index in [1.54, 1.807) is 10.0 Å². The molecule has 0 aliphatic heterocycles. The molecule has 0 radical (unpaired) electrons. The van der Waals surface area contributed by atoms with E-state index in [1.807, 2.05) is 0 Å². The molecule has 8 nitrogen and oxygen atoms in total.